The maximum absolute atomic E-state index is 13.0. The molecule has 21 heavy (non-hydrogen) atoms. The first kappa shape index (κ1) is 13.8. The van der Waals surface area contributed by atoms with E-state index in [1.807, 2.05) is 37.3 Å². The van der Waals surface area contributed by atoms with Crippen LogP contribution in [0.1, 0.15) is 17.7 Å². The lowest BCUT2D eigenvalue weighted by atomic mass is 10.2. The van der Waals surface area contributed by atoms with Gasteiger partial charge < -0.3 is 0 Å². The zero-order valence-corrected chi connectivity index (χ0v) is 12.2. The third-order valence-electron chi connectivity index (χ3n) is 3.06. The monoisotopic (exact) mass is 300 g/mol. The topological polar surface area (TPSA) is 43.6 Å². The highest BCUT2D eigenvalue weighted by atomic mass is 32.2. The summed E-state index contributed by atoms with van der Waals surface area (Å²) in [4.78, 5) is 0. The number of aromatic nitrogens is 4. The molecule has 0 aliphatic carbocycles. The molecule has 0 bridgehead atoms. The predicted molar refractivity (Wildman–Crippen MR) is 79.8 cm³/mol. The number of para-hydroxylation sites is 1. The van der Waals surface area contributed by atoms with Crippen LogP contribution in [-0.4, -0.2) is 20.2 Å². The molecular formula is C15H13FN4S. The molecule has 1 heterocycles. The van der Waals surface area contributed by atoms with Gasteiger partial charge in [-0.1, -0.05) is 42.1 Å². The van der Waals surface area contributed by atoms with Crippen molar-refractivity contribution in [3.05, 3.63) is 66.0 Å². The SMILES string of the molecule is CC(Sc1nnnn1-c1ccccc1)c1ccc(F)cc1. The maximum Gasteiger partial charge on any atom is 0.214 e. The number of nitrogens with zero attached hydrogens (tertiary/aromatic N) is 4. The van der Waals surface area contributed by atoms with E-state index in [1.54, 1.807) is 16.8 Å². The van der Waals surface area contributed by atoms with E-state index in [-0.39, 0.29) is 11.1 Å². The molecule has 1 atom stereocenters. The van der Waals surface area contributed by atoms with Crippen LogP contribution in [0.4, 0.5) is 4.39 Å². The van der Waals surface area contributed by atoms with Crippen molar-refractivity contribution in [2.45, 2.75) is 17.3 Å². The minimum atomic E-state index is -0.231. The molecule has 0 fully saturated rings. The number of rotatable bonds is 4. The summed E-state index contributed by atoms with van der Waals surface area (Å²) in [6, 6.07) is 16.2. The highest BCUT2D eigenvalue weighted by Gasteiger charge is 2.14. The molecule has 106 valence electrons. The molecule has 0 N–H and O–H groups in total. The van der Waals surface area contributed by atoms with E-state index < -0.39 is 0 Å². The summed E-state index contributed by atoms with van der Waals surface area (Å²) >= 11 is 1.54. The summed E-state index contributed by atoms with van der Waals surface area (Å²) in [5.74, 6) is -0.231. The summed E-state index contributed by atoms with van der Waals surface area (Å²) in [6.45, 7) is 2.04. The van der Waals surface area contributed by atoms with E-state index in [0.29, 0.717) is 5.16 Å². The van der Waals surface area contributed by atoms with Gasteiger partial charge in [-0.2, -0.15) is 4.68 Å². The average Bonchev–Trinajstić information content (AvgIpc) is 2.97. The van der Waals surface area contributed by atoms with Crippen molar-refractivity contribution in [3.63, 3.8) is 0 Å². The van der Waals surface area contributed by atoms with Crippen molar-refractivity contribution in [3.8, 4) is 5.69 Å². The Kier molecular flexibility index (Phi) is 3.96. The van der Waals surface area contributed by atoms with Crippen LogP contribution < -0.4 is 0 Å². The fourth-order valence-electron chi connectivity index (χ4n) is 1.94. The minimum absolute atomic E-state index is 0.124. The Bertz CT molecular complexity index is 712. The Morgan fingerprint density at radius 1 is 1.05 bits per heavy atom. The number of halogens is 1. The van der Waals surface area contributed by atoms with Gasteiger partial charge in [-0.05, 0) is 47.2 Å². The lowest BCUT2D eigenvalue weighted by molar-refractivity contribution is 0.627. The minimum Gasteiger partial charge on any atom is -0.207 e. The highest BCUT2D eigenvalue weighted by molar-refractivity contribution is 7.99. The molecule has 2 aromatic carbocycles. The highest BCUT2D eigenvalue weighted by Crippen LogP contribution is 2.33. The third kappa shape index (κ3) is 3.11. The molecule has 4 nitrogen and oxygen atoms in total. The molecule has 0 spiro atoms. The number of hydrogen-bond acceptors (Lipinski definition) is 4. The second-order valence-electron chi connectivity index (χ2n) is 4.52. The van der Waals surface area contributed by atoms with E-state index in [2.05, 4.69) is 15.5 Å². The van der Waals surface area contributed by atoms with Gasteiger partial charge >= 0.3 is 0 Å². The van der Waals surface area contributed by atoms with Crippen molar-refractivity contribution in [2.24, 2.45) is 0 Å². The van der Waals surface area contributed by atoms with Crippen LogP contribution in [0.15, 0.2) is 59.8 Å². The first-order valence-corrected chi connectivity index (χ1v) is 7.38. The van der Waals surface area contributed by atoms with Gasteiger partial charge in [0.15, 0.2) is 0 Å². The Balaban J connectivity index is 1.83. The predicted octanol–water partition coefficient (Wildman–Crippen LogP) is 3.65. The third-order valence-corrected chi connectivity index (χ3v) is 4.15. The quantitative estimate of drug-likeness (QED) is 0.690. The molecule has 0 aliphatic rings. The van der Waals surface area contributed by atoms with Crippen LogP contribution in [0.2, 0.25) is 0 Å². The molecule has 3 rings (SSSR count). The van der Waals surface area contributed by atoms with Crippen molar-refractivity contribution in [1.29, 1.82) is 0 Å². The van der Waals surface area contributed by atoms with Crippen molar-refractivity contribution >= 4 is 11.8 Å². The van der Waals surface area contributed by atoms with Crippen LogP contribution in [0.25, 0.3) is 5.69 Å². The molecule has 0 radical (unpaired) electrons. The first-order valence-electron chi connectivity index (χ1n) is 6.50. The molecule has 3 aromatic rings. The Hall–Kier alpha value is -2.21. The summed E-state index contributed by atoms with van der Waals surface area (Å²) in [5, 5.41) is 12.7. The van der Waals surface area contributed by atoms with Crippen LogP contribution >= 0.6 is 11.8 Å². The summed E-state index contributed by atoms with van der Waals surface area (Å²) < 4.78 is 14.7. The summed E-state index contributed by atoms with van der Waals surface area (Å²) in [5.41, 5.74) is 1.94. The fraction of sp³-hybridized carbons (Fsp3) is 0.133. The van der Waals surface area contributed by atoms with Crippen molar-refractivity contribution in [2.75, 3.05) is 0 Å². The van der Waals surface area contributed by atoms with E-state index in [4.69, 9.17) is 0 Å². The average molecular weight is 300 g/mol. The van der Waals surface area contributed by atoms with Crippen LogP contribution in [0, 0.1) is 5.82 Å². The molecule has 0 amide bonds. The molecule has 1 aromatic heterocycles. The molecule has 0 saturated carbocycles. The van der Waals surface area contributed by atoms with Crippen molar-refractivity contribution < 1.29 is 4.39 Å². The number of thioether (sulfide) groups is 1. The standard InChI is InChI=1S/C15H13FN4S/c1-11(12-7-9-13(16)10-8-12)21-15-17-18-19-20(15)14-5-3-2-4-6-14/h2-11H,1H3. The summed E-state index contributed by atoms with van der Waals surface area (Å²) in [6.07, 6.45) is 0. The lowest BCUT2D eigenvalue weighted by Crippen LogP contribution is -2.00. The van der Waals surface area contributed by atoms with Gasteiger partial charge in [0.05, 0.1) is 5.69 Å². The molecule has 0 aliphatic heterocycles. The molecule has 6 heteroatoms. The Morgan fingerprint density at radius 2 is 1.76 bits per heavy atom. The first-order chi connectivity index (χ1) is 10.2. The van der Waals surface area contributed by atoms with Gasteiger partial charge in [-0.3, -0.25) is 0 Å². The second kappa shape index (κ2) is 6.05. The van der Waals surface area contributed by atoms with Gasteiger partial charge in [0, 0.05) is 5.25 Å². The van der Waals surface area contributed by atoms with Crippen LogP contribution in [0.3, 0.4) is 0 Å². The zero-order valence-electron chi connectivity index (χ0n) is 11.3. The van der Waals surface area contributed by atoms with E-state index >= 15 is 0 Å². The van der Waals surface area contributed by atoms with Gasteiger partial charge in [0.25, 0.3) is 0 Å². The van der Waals surface area contributed by atoms with Gasteiger partial charge in [-0.25, -0.2) is 4.39 Å². The number of tetrazole rings is 1. The second-order valence-corrected chi connectivity index (χ2v) is 5.83. The number of hydrogen-bond donors (Lipinski definition) is 0. The van der Waals surface area contributed by atoms with E-state index in [9.17, 15) is 4.39 Å². The smallest absolute Gasteiger partial charge is 0.207 e. The van der Waals surface area contributed by atoms with E-state index in [0.717, 1.165) is 11.3 Å². The Labute approximate surface area is 126 Å². The lowest BCUT2D eigenvalue weighted by Gasteiger charge is -2.11. The maximum atomic E-state index is 13.0. The summed E-state index contributed by atoms with van der Waals surface area (Å²) in [7, 11) is 0. The normalized spacial score (nSPS) is 12.3. The zero-order chi connectivity index (χ0) is 14.7. The van der Waals surface area contributed by atoms with Gasteiger partial charge in [0.2, 0.25) is 5.16 Å². The molecule has 0 saturated heterocycles. The van der Waals surface area contributed by atoms with E-state index in [1.165, 1.54) is 23.9 Å². The largest absolute Gasteiger partial charge is 0.214 e. The fourth-order valence-corrected chi connectivity index (χ4v) is 2.88. The number of benzene rings is 2. The Morgan fingerprint density at radius 3 is 2.48 bits per heavy atom. The van der Waals surface area contributed by atoms with Crippen LogP contribution in [-0.2, 0) is 0 Å². The van der Waals surface area contributed by atoms with Gasteiger partial charge in [-0.15, -0.1) is 5.10 Å². The molecule has 1 unspecified atom stereocenters. The van der Waals surface area contributed by atoms with Crippen molar-refractivity contribution in [1.82, 2.24) is 20.2 Å². The molecular weight excluding hydrogens is 287 g/mol. The van der Waals surface area contributed by atoms with Gasteiger partial charge in [0.1, 0.15) is 5.82 Å². The van der Waals surface area contributed by atoms with Crippen LogP contribution in [0.5, 0.6) is 0 Å².